The van der Waals surface area contributed by atoms with Gasteiger partial charge < -0.3 is 9.67 Å². The second kappa shape index (κ2) is 7.97. The fraction of sp³-hybridized carbons (Fsp3) is 0.700. The number of fused-ring (bicyclic) bond motifs is 6. The third kappa shape index (κ3) is 3.36. The first-order chi connectivity index (χ1) is 15.9. The topological polar surface area (TPSA) is 42.2 Å². The highest BCUT2D eigenvalue weighted by atomic mass is 16.3. The van der Waals surface area contributed by atoms with Gasteiger partial charge >= 0.3 is 0 Å². The van der Waals surface area contributed by atoms with E-state index in [9.17, 15) is 9.90 Å². The molecular formula is C30H41NO2. The van der Waals surface area contributed by atoms with E-state index in [0.717, 1.165) is 31.1 Å². The third-order valence-electron chi connectivity index (χ3n) is 11.3. The second-order valence-corrected chi connectivity index (χ2v) is 12.6. The van der Waals surface area contributed by atoms with Crippen molar-refractivity contribution < 1.29 is 9.90 Å². The van der Waals surface area contributed by atoms with Gasteiger partial charge in [-0.1, -0.05) is 38.5 Å². The average Bonchev–Trinajstić information content (AvgIpc) is 3.21. The molecule has 3 nitrogen and oxygen atoms in total. The number of aliphatic hydroxyl groups is 1. The van der Waals surface area contributed by atoms with E-state index in [4.69, 9.17) is 0 Å². The molecule has 178 valence electrons. The van der Waals surface area contributed by atoms with Crippen molar-refractivity contribution in [3.8, 4) is 0 Å². The Kier molecular flexibility index (Phi) is 5.29. The number of carbonyl (C=O) groups is 1. The average molecular weight is 448 g/mol. The minimum atomic E-state index is -0.0741. The zero-order valence-electron chi connectivity index (χ0n) is 20.5. The molecule has 0 aliphatic heterocycles. The summed E-state index contributed by atoms with van der Waals surface area (Å²) in [6.45, 7) is 5.57. The molecule has 0 unspecified atom stereocenters. The van der Waals surface area contributed by atoms with Crippen LogP contribution in [-0.2, 0) is 11.3 Å². The Hall–Kier alpha value is -1.61. The van der Waals surface area contributed by atoms with Gasteiger partial charge in [-0.05, 0) is 110 Å². The molecule has 4 aliphatic carbocycles. The molecule has 4 fully saturated rings. The van der Waals surface area contributed by atoms with Crippen LogP contribution in [0.3, 0.4) is 0 Å². The van der Waals surface area contributed by atoms with Crippen LogP contribution in [0.5, 0.6) is 0 Å². The van der Waals surface area contributed by atoms with Crippen molar-refractivity contribution in [2.45, 2.75) is 90.7 Å². The smallest absolute Gasteiger partial charge is 0.156 e. The summed E-state index contributed by atoms with van der Waals surface area (Å²) in [7, 11) is 0. The van der Waals surface area contributed by atoms with Crippen LogP contribution in [0.25, 0.3) is 10.9 Å². The van der Waals surface area contributed by atoms with Gasteiger partial charge in [0.25, 0.3) is 0 Å². The predicted octanol–water partition coefficient (Wildman–Crippen LogP) is 6.62. The fourth-order valence-corrected chi connectivity index (χ4v) is 9.52. The number of rotatable bonds is 3. The van der Waals surface area contributed by atoms with Gasteiger partial charge in [0.05, 0.1) is 12.6 Å². The number of Topliss-reactive ketones (excluding diaryl/α,β-unsaturated/α-hetero) is 1. The van der Waals surface area contributed by atoms with E-state index in [1.165, 1.54) is 55.8 Å². The lowest BCUT2D eigenvalue weighted by Crippen LogP contribution is -2.57. The Labute approximate surface area is 198 Å². The van der Waals surface area contributed by atoms with E-state index in [1.807, 2.05) is 0 Å². The summed E-state index contributed by atoms with van der Waals surface area (Å²) >= 11 is 0. The molecule has 3 heteroatoms. The summed E-state index contributed by atoms with van der Waals surface area (Å²) in [5.41, 5.74) is 1.75. The monoisotopic (exact) mass is 447 g/mol. The molecule has 4 aliphatic rings. The van der Waals surface area contributed by atoms with Crippen molar-refractivity contribution in [3.05, 3.63) is 36.5 Å². The number of aliphatic hydroxyl groups excluding tert-OH is 1. The maximum absolute atomic E-state index is 13.8. The quantitative estimate of drug-likeness (QED) is 0.574. The van der Waals surface area contributed by atoms with Crippen LogP contribution in [0.15, 0.2) is 36.5 Å². The van der Waals surface area contributed by atoms with Crippen molar-refractivity contribution >= 4 is 16.7 Å². The molecule has 0 saturated heterocycles. The van der Waals surface area contributed by atoms with Crippen LogP contribution in [-0.4, -0.2) is 21.6 Å². The SMILES string of the molecule is C[C@]12CC[C@@H](O)C[C@@H]1CC[C@@H]1[C@@H]2CC[C@]2(C)[C@@H](C(=O)Cn3ccc4ccccc43)CCC[C@@H]12. The summed E-state index contributed by atoms with van der Waals surface area (Å²) in [5.74, 6) is 3.65. The normalized spacial score (nSPS) is 42.9. The maximum Gasteiger partial charge on any atom is 0.156 e. The van der Waals surface area contributed by atoms with Gasteiger partial charge in [0.1, 0.15) is 0 Å². The number of hydrogen-bond acceptors (Lipinski definition) is 2. The minimum Gasteiger partial charge on any atom is -0.393 e. The van der Waals surface area contributed by atoms with Crippen molar-refractivity contribution in [1.82, 2.24) is 4.57 Å². The van der Waals surface area contributed by atoms with E-state index in [1.54, 1.807) is 0 Å². The highest BCUT2D eigenvalue weighted by molar-refractivity contribution is 5.85. The molecule has 0 bridgehead atoms. The lowest BCUT2D eigenvalue weighted by molar-refractivity contribution is -0.160. The van der Waals surface area contributed by atoms with E-state index < -0.39 is 0 Å². The second-order valence-electron chi connectivity index (χ2n) is 12.6. The number of para-hydroxylation sites is 1. The number of ketones is 1. The van der Waals surface area contributed by atoms with Gasteiger partial charge in [0.2, 0.25) is 0 Å². The first-order valence-corrected chi connectivity index (χ1v) is 13.6. The summed E-state index contributed by atoms with van der Waals surface area (Å²) in [4.78, 5) is 13.8. The zero-order chi connectivity index (χ0) is 22.8. The highest BCUT2D eigenvalue weighted by Gasteiger charge is 2.59. The first kappa shape index (κ1) is 21.9. The molecule has 0 amide bonds. The van der Waals surface area contributed by atoms with Crippen LogP contribution >= 0.6 is 0 Å². The van der Waals surface area contributed by atoms with E-state index in [0.29, 0.717) is 29.6 Å². The lowest BCUT2D eigenvalue weighted by Gasteiger charge is -2.63. The standard InChI is InChI=1S/C30H41NO2/c1-29-15-12-22(32)18-21(29)10-11-23-24-7-5-8-26(30(24,2)16-13-25(23)29)28(33)19-31-17-14-20-6-3-4-9-27(20)31/h3-4,6,9,14,17,21-26,32H,5,7-8,10-13,15-16,18-19H2,1-2H3/t21-,22+,23-,24-,25-,26+,29-,30-/m0/s1. The Morgan fingerprint density at radius 1 is 0.970 bits per heavy atom. The molecule has 0 radical (unpaired) electrons. The van der Waals surface area contributed by atoms with E-state index >= 15 is 0 Å². The fourth-order valence-electron chi connectivity index (χ4n) is 9.52. The molecular weight excluding hydrogens is 406 g/mol. The number of carbonyl (C=O) groups excluding carboxylic acids is 1. The molecule has 1 aromatic heterocycles. The summed E-state index contributed by atoms with van der Waals surface area (Å²) in [6, 6.07) is 10.6. The van der Waals surface area contributed by atoms with Crippen LogP contribution in [0, 0.1) is 40.4 Å². The molecule has 0 spiro atoms. The predicted molar refractivity (Wildman–Crippen MR) is 133 cm³/mol. The van der Waals surface area contributed by atoms with E-state index in [2.05, 4.69) is 54.9 Å². The van der Waals surface area contributed by atoms with Gasteiger partial charge in [0.15, 0.2) is 5.78 Å². The van der Waals surface area contributed by atoms with Crippen molar-refractivity contribution in [2.24, 2.45) is 40.4 Å². The molecule has 4 saturated carbocycles. The Morgan fingerprint density at radius 2 is 1.76 bits per heavy atom. The van der Waals surface area contributed by atoms with Gasteiger partial charge in [0, 0.05) is 17.6 Å². The van der Waals surface area contributed by atoms with Crippen molar-refractivity contribution in [1.29, 1.82) is 0 Å². The largest absolute Gasteiger partial charge is 0.393 e. The van der Waals surface area contributed by atoms with Gasteiger partial charge in [-0.25, -0.2) is 0 Å². The van der Waals surface area contributed by atoms with Gasteiger partial charge in [-0.15, -0.1) is 0 Å². The van der Waals surface area contributed by atoms with Crippen LogP contribution in [0.1, 0.15) is 78.1 Å². The molecule has 1 N–H and O–H groups in total. The zero-order valence-corrected chi connectivity index (χ0v) is 20.5. The number of aromatic nitrogens is 1. The molecule has 6 rings (SSSR count). The van der Waals surface area contributed by atoms with Gasteiger partial charge in [-0.2, -0.15) is 0 Å². The highest BCUT2D eigenvalue weighted by Crippen LogP contribution is 2.66. The Morgan fingerprint density at radius 3 is 2.64 bits per heavy atom. The maximum atomic E-state index is 13.8. The van der Waals surface area contributed by atoms with Crippen molar-refractivity contribution in [3.63, 3.8) is 0 Å². The molecule has 8 atom stereocenters. The molecule has 33 heavy (non-hydrogen) atoms. The summed E-state index contributed by atoms with van der Waals surface area (Å²) in [5, 5.41) is 11.5. The first-order valence-electron chi connectivity index (χ1n) is 13.6. The van der Waals surface area contributed by atoms with Crippen molar-refractivity contribution in [2.75, 3.05) is 0 Å². The molecule has 1 heterocycles. The lowest BCUT2D eigenvalue weighted by atomic mass is 9.41. The summed E-state index contributed by atoms with van der Waals surface area (Å²) in [6.07, 6.45) is 14.0. The van der Waals surface area contributed by atoms with Crippen LogP contribution < -0.4 is 0 Å². The summed E-state index contributed by atoms with van der Waals surface area (Å²) < 4.78 is 2.18. The van der Waals surface area contributed by atoms with E-state index in [-0.39, 0.29) is 17.4 Å². The minimum absolute atomic E-state index is 0.0741. The van der Waals surface area contributed by atoms with Crippen LogP contribution in [0.2, 0.25) is 0 Å². The van der Waals surface area contributed by atoms with Gasteiger partial charge in [-0.3, -0.25) is 4.79 Å². The molecule has 2 aromatic rings. The number of nitrogens with zero attached hydrogens (tertiary/aromatic N) is 1. The Bertz CT molecular complexity index is 1040. The third-order valence-corrected chi connectivity index (χ3v) is 11.3. The number of hydrogen-bond donors (Lipinski definition) is 1. The van der Waals surface area contributed by atoms with Crippen LogP contribution in [0.4, 0.5) is 0 Å². The molecule has 1 aromatic carbocycles. The Balaban J connectivity index is 1.25. The number of benzene rings is 1.